The molecule has 0 amide bonds. The highest BCUT2D eigenvalue weighted by molar-refractivity contribution is 7.17. The third-order valence-corrected chi connectivity index (χ3v) is 5.23. The van der Waals surface area contributed by atoms with Crippen molar-refractivity contribution in [3.63, 3.8) is 0 Å². The summed E-state index contributed by atoms with van der Waals surface area (Å²) in [6.07, 6.45) is 0.401. The van der Waals surface area contributed by atoms with E-state index in [2.05, 4.69) is 4.98 Å². The second kappa shape index (κ2) is 7.17. The summed E-state index contributed by atoms with van der Waals surface area (Å²) in [5.41, 5.74) is 2.37. The van der Waals surface area contributed by atoms with Crippen molar-refractivity contribution in [1.82, 2.24) is 9.55 Å². The molecule has 2 aromatic carbocycles. The Morgan fingerprint density at radius 1 is 1.04 bits per heavy atom. The van der Waals surface area contributed by atoms with Gasteiger partial charge in [0, 0.05) is 17.4 Å². The monoisotopic (exact) mass is 376 g/mol. The van der Waals surface area contributed by atoms with Crippen LogP contribution in [0, 0.1) is 0 Å². The lowest BCUT2D eigenvalue weighted by atomic mass is 10.1. The van der Waals surface area contributed by atoms with Gasteiger partial charge in [-0.2, -0.15) is 0 Å². The molecule has 0 spiro atoms. The van der Waals surface area contributed by atoms with E-state index < -0.39 is 12.5 Å². The summed E-state index contributed by atoms with van der Waals surface area (Å²) < 4.78 is 1.27. The number of thiophene rings is 1. The number of carboxylic acid groups (broad SMARTS) is 1. The van der Waals surface area contributed by atoms with E-state index in [9.17, 15) is 14.7 Å². The molecule has 134 valence electrons. The van der Waals surface area contributed by atoms with E-state index in [1.807, 2.05) is 66.0 Å². The number of carboxylic acids is 1. The fourth-order valence-corrected chi connectivity index (χ4v) is 4.06. The zero-order valence-corrected chi connectivity index (χ0v) is 15.1. The molecule has 2 heterocycles. The molecule has 2 aromatic heterocycles. The highest BCUT2D eigenvalue weighted by Crippen LogP contribution is 2.31. The first-order valence-electron chi connectivity index (χ1n) is 8.45. The Morgan fingerprint density at radius 2 is 1.70 bits per heavy atom. The van der Waals surface area contributed by atoms with Crippen molar-refractivity contribution in [2.24, 2.45) is 0 Å². The molecule has 0 saturated carbocycles. The maximum absolute atomic E-state index is 13.2. The highest BCUT2D eigenvalue weighted by Gasteiger charge is 2.18. The maximum atomic E-state index is 13.2. The van der Waals surface area contributed by atoms with Crippen LogP contribution in [0.4, 0.5) is 0 Å². The Labute approximate surface area is 159 Å². The van der Waals surface area contributed by atoms with Crippen LogP contribution in [-0.2, 0) is 17.8 Å². The van der Waals surface area contributed by atoms with Crippen LogP contribution in [0.25, 0.3) is 21.3 Å². The Balaban J connectivity index is 1.92. The SMILES string of the molecule is O=C(O)Cn1c(Cc2ccccc2)nc2scc(-c3ccccc3)c2c1=O. The first-order chi connectivity index (χ1) is 13.1. The molecule has 0 aliphatic rings. The number of aliphatic carboxylic acids is 1. The summed E-state index contributed by atoms with van der Waals surface area (Å²) in [5, 5.41) is 11.7. The maximum Gasteiger partial charge on any atom is 0.323 e. The van der Waals surface area contributed by atoms with Crippen molar-refractivity contribution < 1.29 is 9.90 Å². The van der Waals surface area contributed by atoms with Crippen molar-refractivity contribution in [2.75, 3.05) is 0 Å². The van der Waals surface area contributed by atoms with E-state index in [1.54, 1.807) is 0 Å². The summed E-state index contributed by atoms with van der Waals surface area (Å²) >= 11 is 1.40. The molecule has 0 unspecified atom stereocenters. The van der Waals surface area contributed by atoms with Crippen molar-refractivity contribution in [2.45, 2.75) is 13.0 Å². The molecule has 0 saturated heterocycles. The molecule has 5 nitrogen and oxygen atoms in total. The molecule has 0 atom stereocenters. The Morgan fingerprint density at radius 3 is 2.37 bits per heavy atom. The number of hydrogen-bond acceptors (Lipinski definition) is 4. The first kappa shape index (κ1) is 17.2. The number of fused-ring (bicyclic) bond motifs is 1. The Kier molecular flexibility index (Phi) is 4.56. The average molecular weight is 376 g/mol. The van der Waals surface area contributed by atoms with Gasteiger partial charge in [0.15, 0.2) is 0 Å². The van der Waals surface area contributed by atoms with Gasteiger partial charge in [0.1, 0.15) is 17.2 Å². The second-order valence-corrected chi connectivity index (χ2v) is 7.03. The molecular formula is C21H16N2O3S. The average Bonchev–Trinajstić information content (AvgIpc) is 3.10. The van der Waals surface area contributed by atoms with E-state index in [0.29, 0.717) is 22.5 Å². The van der Waals surface area contributed by atoms with Crippen LogP contribution in [0.1, 0.15) is 11.4 Å². The van der Waals surface area contributed by atoms with Crippen molar-refractivity contribution in [3.05, 3.63) is 87.8 Å². The smallest absolute Gasteiger partial charge is 0.323 e. The lowest BCUT2D eigenvalue weighted by Gasteiger charge is -2.11. The largest absolute Gasteiger partial charge is 0.480 e. The van der Waals surface area contributed by atoms with Crippen LogP contribution >= 0.6 is 11.3 Å². The molecule has 4 aromatic rings. The van der Waals surface area contributed by atoms with Gasteiger partial charge in [-0.25, -0.2) is 4.98 Å². The molecule has 27 heavy (non-hydrogen) atoms. The molecule has 6 heteroatoms. The number of hydrogen-bond donors (Lipinski definition) is 1. The van der Waals surface area contributed by atoms with E-state index in [-0.39, 0.29) is 5.56 Å². The lowest BCUT2D eigenvalue weighted by Crippen LogP contribution is -2.28. The molecule has 0 aliphatic carbocycles. The van der Waals surface area contributed by atoms with Gasteiger partial charge in [-0.15, -0.1) is 11.3 Å². The van der Waals surface area contributed by atoms with Gasteiger partial charge in [0.2, 0.25) is 0 Å². The van der Waals surface area contributed by atoms with E-state index in [0.717, 1.165) is 16.7 Å². The third kappa shape index (κ3) is 3.39. The second-order valence-electron chi connectivity index (χ2n) is 6.17. The van der Waals surface area contributed by atoms with Crippen LogP contribution in [-0.4, -0.2) is 20.6 Å². The van der Waals surface area contributed by atoms with E-state index >= 15 is 0 Å². The van der Waals surface area contributed by atoms with Crippen LogP contribution in [0.5, 0.6) is 0 Å². The van der Waals surface area contributed by atoms with Crippen molar-refractivity contribution in [1.29, 1.82) is 0 Å². The molecular weight excluding hydrogens is 360 g/mol. The van der Waals surface area contributed by atoms with Gasteiger partial charge < -0.3 is 5.11 Å². The fourth-order valence-electron chi connectivity index (χ4n) is 3.11. The van der Waals surface area contributed by atoms with Crippen LogP contribution < -0.4 is 5.56 Å². The van der Waals surface area contributed by atoms with Crippen LogP contribution in [0.3, 0.4) is 0 Å². The molecule has 0 aliphatic heterocycles. The Bertz CT molecular complexity index is 1160. The molecule has 0 fully saturated rings. The van der Waals surface area contributed by atoms with Gasteiger partial charge in [-0.05, 0) is 11.1 Å². The van der Waals surface area contributed by atoms with Crippen molar-refractivity contribution >= 4 is 27.5 Å². The summed E-state index contributed by atoms with van der Waals surface area (Å²) in [5.74, 6) is -0.605. The summed E-state index contributed by atoms with van der Waals surface area (Å²) in [4.78, 5) is 29.8. The number of carbonyl (C=O) groups is 1. The van der Waals surface area contributed by atoms with Crippen molar-refractivity contribution in [3.8, 4) is 11.1 Å². The summed E-state index contributed by atoms with van der Waals surface area (Å²) in [7, 11) is 0. The standard InChI is InChI=1S/C21H16N2O3S/c24-18(25)12-23-17(11-14-7-3-1-4-8-14)22-20-19(21(23)26)16(13-27-20)15-9-5-2-6-10-15/h1-10,13H,11-12H2,(H,24,25). The van der Waals surface area contributed by atoms with E-state index in [1.165, 1.54) is 15.9 Å². The summed E-state index contributed by atoms with van der Waals surface area (Å²) in [6, 6.07) is 19.2. The number of benzene rings is 2. The minimum Gasteiger partial charge on any atom is -0.480 e. The quantitative estimate of drug-likeness (QED) is 0.575. The minimum atomic E-state index is -1.07. The highest BCUT2D eigenvalue weighted by atomic mass is 32.1. The predicted molar refractivity (Wildman–Crippen MR) is 106 cm³/mol. The van der Waals surface area contributed by atoms with Gasteiger partial charge in [0.05, 0.1) is 5.39 Å². The number of aromatic nitrogens is 2. The number of nitrogens with zero attached hydrogens (tertiary/aromatic N) is 2. The topological polar surface area (TPSA) is 72.2 Å². The zero-order valence-electron chi connectivity index (χ0n) is 14.3. The Hall–Kier alpha value is -3.25. The van der Waals surface area contributed by atoms with Gasteiger partial charge in [-0.1, -0.05) is 60.7 Å². The van der Waals surface area contributed by atoms with Gasteiger partial charge >= 0.3 is 5.97 Å². The normalized spacial score (nSPS) is 11.0. The minimum absolute atomic E-state index is 0.312. The zero-order chi connectivity index (χ0) is 18.8. The molecule has 4 rings (SSSR count). The molecule has 0 bridgehead atoms. The van der Waals surface area contributed by atoms with Gasteiger partial charge in [0.25, 0.3) is 5.56 Å². The fraction of sp³-hybridized carbons (Fsp3) is 0.0952. The summed E-state index contributed by atoms with van der Waals surface area (Å²) in [6.45, 7) is -0.409. The van der Waals surface area contributed by atoms with Gasteiger partial charge in [-0.3, -0.25) is 14.2 Å². The lowest BCUT2D eigenvalue weighted by molar-refractivity contribution is -0.137. The third-order valence-electron chi connectivity index (χ3n) is 4.36. The number of rotatable bonds is 5. The molecule has 1 N–H and O–H groups in total. The van der Waals surface area contributed by atoms with Crippen LogP contribution in [0.2, 0.25) is 0 Å². The molecule has 0 radical (unpaired) electrons. The van der Waals surface area contributed by atoms with E-state index in [4.69, 9.17) is 0 Å². The first-order valence-corrected chi connectivity index (χ1v) is 9.33. The predicted octanol–water partition coefficient (Wildman–Crippen LogP) is 3.80. The van der Waals surface area contributed by atoms with Crippen LogP contribution in [0.15, 0.2) is 70.8 Å².